The summed E-state index contributed by atoms with van der Waals surface area (Å²) in [6.45, 7) is 0.0621. The van der Waals surface area contributed by atoms with E-state index in [1.54, 1.807) is 67.8 Å². The molecule has 135 heavy (non-hydrogen) atoms. The average molecular weight is 1900 g/mol. The second-order valence-electron chi connectivity index (χ2n) is 33.4. The minimum atomic E-state index is -1.96. The summed E-state index contributed by atoms with van der Waals surface area (Å²) in [6.07, 6.45) is -0.786. The van der Waals surface area contributed by atoms with Gasteiger partial charge in [-0.1, -0.05) is 68.3 Å². The number of hydrogen-bond donors (Lipinski definition) is 20. The number of aliphatic hydroxyl groups is 2. The molecule has 0 radical (unpaired) electrons. The van der Waals surface area contributed by atoms with Crippen molar-refractivity contribution < 1.29 is 116 Å². The number of hydrogen-bond acceptors (Lipinski definition) is 25. The van der Waals surface area contributed by atoms with Gasteiger partial charge in [0.2, 0.25) is 106 Å². The second-order valence-corrected chi connectivity index (χ2v) is 34.5. The van der Waals surface area contributed by atoms with Crippen molar-refractivity contribution in [3.63, 3.8) is 0 Å². The largest absolute Gasteiger partial charge is 0.508 e. The summed E-state index contributed by atoms with van der Waals surface area (Å²) >= 11 is 0.681. The zero-order valence-electron chi connectivity index (χ0n) is 75.4. The number of thioether (sulfide) groups is 1. The summed E-state index contributed by atoms with van der Waals surface area (Å²) < 4.78 is 5.39. The highest BCUT2D eigenvalue weighted by Gasteiger charge is 2.47. The van der Waals surface area contributed by atoms with Crippen LogP contribution in [0.1, 0.15) is 113 Å². The maximum absolute atomic E-state index is 15.7. The highest BCUT2D eigenvalue weighted by molar-refractivity contribution is 8.00. The number of phenols is 1. The van der Waals surface area contributed by atoms with Gasteiger partial charge in [0.05, 0.1) is 43.5 Å². The highest BCUT2D eigenvalue weighted by Crippen LogP contribution is 2.28. The number of benzene rings is 3. The molecule has 3 aromatic heterocycles. The van der Waals surface area contributed by atoms with E-state index in [-0.39, 0.29) is 76.0 Å². The van der Waals surface area contributed by atoms with Gasteiger partial charge in [-0.3, -0.25) is 91.1 Å². The van der Waals surface area contributed by atoms with E-state index in [4.69, 9.17) is 21.9 Å². The zero-order chi connectivity index (χ0) is 98.6. The first-order chi connectivity index (χ1) is 64.3. The highest BCUT2D eigenvalue weighted by atomic mass is 32.2. The Bertz CT molecular complexity index is 5290. The van der Waals surface area contributed by atoms with E-state index >= 15 is 38.4 Å². The van der Waals surface area contributed by atoms with Crippen LogP contribution < -0.4 is 70.4 Å². The number of fused-ring (bicyclic) bond motifs is 4. The molecule has 23 N–H and O–H groups in total. The molecule has 3 fully saturated rings. The lowest BCUT2D eigenvalue weighted by Gasteiger charge is -2.36. The van der Waals surface area contributed by atoms with Crippen LogP contribution in [-0.2, 0) is 122 Å². The smallest absolute Gasteiger partial charge is 0.303 e. The number of imidazole rings is 1. The Morgan fingerprint density at radius 2 is 1.10 bits per heavy atom. The number of aromatic nitrogens is 4. The van der Waals surface area contributed by atoms with Gasteiger partial charge in [-0.15, -0.1) is 11.8 Å². The summed E-state index contributed by atoms with van der Waals surface area (Å²) in [5.74, 6) is -21.6. The molecule has 47 heteroatoms. The first-order valence-corrected chi connectivity index (χ1v) is 45.1. The molecule has 730 valence electrons. The van der Waals surface area contributed by atoms with Crippen LogP contribution in [-0.4, -0.2) is 340 Å². The number of aromatic amines is 3. The molecule has 18 amide bonds. The van der Waals surface area contributed by atoms with Crippen molar-refractivity contribution in [1.82, 2.24) is 97.6 Å². The number of aromatic hydroxyl groups is 1. The lowest BCUT2D eigenvalue weighted by atomic mass is 10.0. The van der Waals surface area contributed by atoms with Crippen LogP contribution in [0.3, 0.4) is 0 Å². The molecular formula is C88H118N22O24S. The van der Waals surface area contributed by atoms with Gasteiger partial charge in [0.25, 0.3) is 0 Å². The van der Waals surface area contributed by atoms with Crippen LogP contribution in [0.4, 0.5) is 0 Å². The number of carboxylic acid groups (broad SMARTS) is 1. The minimum Gasteiger partial charge on any atom is -0.508 e. The zero-order valence-corrected chi connectivity index (χ0v) is 76.3. The molecule has 0 spiro atoms. The first-order valence-electron chi connectivity index (χ1n) is 44.0. The SMILES string of the molecule is CCCC[C@H]1C(=O)N(C)[C@@H](CCOC)C(=O)N[C@@H](CCC(=O)O)C(=O)N[C@H](C(=O)NCC(N)=O)CSCC(=O)N[C@@H](Cc2ccc(O)cc2)C(=O)N(C)[C@@H](C)C(=O)N[C@@H](CC(N)=O)C(=O)N2CCC[C@H]2C(=O)N[C@@H](Cc2c[nH]cn2)C(=O)N[C@@H](CCC(N)=O)C(=O)N2C[C@H](O)C[C@H]2C(=O)N[C@@H](Cc2c[nH]c3ccccc23)C(=O)N[C@@H](CO)C(=O)N[C@@H](Cc2c[nH]c3ccccc23)C(=O)N1C. The average Bonchev–Trinajstić information content (AvgIpc) is 1.66. The maximum Gasteiger partial charge on any atom is 0.303 e. The number of phenolic OH excluding ortho intramolecular Hbond substituents is 1. The molecule has 15 atom stereocenters. The Morgan fingerprint density at radius 3 is 1.70 bits per heavy atom. The van der Waals surface area contributed by atoms with Gasteiger partial charge in [-0.2, -0.15) is 0 Å². The van der Waals surface area contributed by atoms with Crippen molar-refractivity contribution in [1.29, 1.82) is 0 Å². The predicted octanol–water partition coefficient (Wildman–Crippen LogP) is -5.26. The normalized spacial score (nSPS) is 24.7. The maximum atomic E-state index is 15.7. The van der Waals surface area contributed by atoms with Crippen LogP contribution in [0.5, 0.6) is 5.75 Å². The number of nitrogens with zero attached hydrogens (tertiary/aromatic N) is 6. The van der Waals surface area contributed by atoms with Crippen LogP contribution in [0.15, 0.2) is 97.7 Å². The molecule has 3 aromatic carbocycles. The van der Waals surface area contributed by atoms with Crippen LogP contribution in [0.25, 0.3) is 21.8 Å². The number of carbonyl (C=O) groups excluding carboxylic acids is 18. The number of aliphatic hydroxyl groups excluding tert-OH is 2. The Hall–Kier alpha value is -14.1. The van der Waals surface area contributed by atoms with Crippen molar-refractivity contribution in [2.24, 2.45) is 17.2 Å². The number of unbranched alkanes of at least 4 members (excludes halogenated alkanes) is 1. The monoisotopic (exact) mass is 1900 g/mol. The van der Waals surface area contributed by atoms with Gasteiger partial charge in [0.15, 0.2) is 0 Å². The van der Waals surface area contributed by atoms with Crippen LogP contribution >= 0.6 is 11.8 Å². The van der Waals surface area contributed by atoms with Crippen LogP contribution in [0.2, 0.25) is 0 Å². The molecule has 3 aliphatic rings. The van der Waals surface area contributed by atoms with E-state index in [1.165, 1.54) is 72.0 Å². The number of primary amides is 3. The molecule has 46 nitrogen and oxygen atoms in total. The van der Waals surface area contributed by atoms with Crippen molar-refractivity contribution in [3.8, 4) is 5.75 Å². The number of likely N-dealkylation sites (N-methyl/N-ethyl adjacent to an activating group) is 3. The predicted molar refractivity (Wildman–Crippen MR) is 483 cm³/mol. The Labute approximate surface area is 779 Å². The second kappa shape index (κ2) is 49.6. The van der Waals surface area contributed by atoms with Crippen LogP contribution in [0, 0.1) is 0 Å². The molecule has 3 aliphatic heterocycles. The summed E-state index contributed by atoms with van der Waals surface area (Å²) in [5.41, 5.74) is 19.3. The molecular weight excluding hydrogens is 1780 g/mol. The minimum absolute atomic E-state index is 0.0813. The summed E-state index contributed by atoms with van der Waals surface area (Å²) in [6, 6.07) is -4.44. The van der Waals surface area contributed by atoms with E-state index in [1.807, 2.05) is 0 Å². The van der Waals surface area contributed by atoms with Gasteiger partial charge in [-0.25, -0.2) is 4.98 Å². The third-order valence-corrected chi connectivity index (χ3v) is 24.7. The Kier molecular flexibility index (Phi) is 38.4. The molecule has 6 heterocycles. The first kappa shape index (κ1) is 105. The van der Waals surface area contributed by atoms with Gasteiger partial charge in [0.1, 0.15) is 90.3 Å². The topological polar surface area (TPSA) is 689 Å². The quantitative estimate of drug-likeness (QED) is 0.0241. The number of nitrogens with one attached hydrogen (secondary N) is 13. The van der Waals surface area contributed by atoms with Crippen molar-refractivity contribution in [2.45, 2.75) is 207 Å². The lowest BCUT2D eigenvalue weighted by molar-refractivity contribution is -0.149. The van der Waals surface area contributed by atoms with Gasteiger partial charge in [-0.05, 0) is 80.0 Å². The number of H-pyrrole nitrogens is 3. The van der Waals surface area contributed by atoms with E-state index in [0.29, 0.717) is 56.7 Å². The Balaban J connectivity index is 1.10. The fraction of sp³-hybridized carbons (Fsp3) is 0.500. The number of nitrogens with two attached hydrogens (primary N) is 3. The van der Waals surface area contributed by atoms with Crippen molar-refractivity contribution in [2.75, 3.05) is 72.6 Å². The number of amides is 18. The van der Waals surface area contributed by atoms with Gasteiger partial charge in [0, 0.05) is 145 Å². The fourth-order valence-electron chi connectivity index (χ4n) is 16.2. The van der Waals surface area contributed by atoms with E-state index < -0.39 is 279 Å². The van der Waals surface area contributed by atoms with Gasteiger partial charge < -0.3 is 135 Å². The molecule has 0 aliphatic carbocycles. The number of carbonyl (C=O) groups is 19. The third-order valence-electron chi connectivity index (χ3n) is 23.7. The summed E-state index contributed by atoms with van der Waals surface area (Å²) in [7, 11) is 4.95. The Morgan fingerprint density at radius 1 is 0.548 bits per heavy atom. The third kappa shape index (κ3) is 29.0. The van der Waals surface area contributed by atoms with Crippen molar-refractivity contribution >= 4 is 146 Å². The van der Waals surface area contributed by atoms with Gasteiger partial charge >= 0.3 is 5.97 Å². The number of para-hydroxylation sites is 2. The van der Waals surface area contributed by atoms with E-state index in [9.17, 15) is 73.2 Å². The number of carboxylic acids is 1. The molecule has 6 aromatic rings. The number of methoxy groups -OCH3 is 1. The van der Waals surface area contributed by atoms with Crippen molar-refractivity contribution in [3.05, 3.63) is 120 Å². The number of rotatable bonds is 26. The summed E-state index contributed by atoms with van der Waals surface area (Å²) in [4.78, 5) is 292. The lowest BCUT2D eigenvalue weighted by Crippen LogP contribution is -2.62. The molecule has 0 bridgehead atoms. The number of ether oxygens (including phenoxy) is 1. The van der Waals surface area contributed by atoms with E-state index in [0.717, 1.165) is 24.5 Å². The molecule has 0 saturated carbocycles. The number of aliphatic carboxylic acids is 1. The van der Waals surface area contributed by atoms with E-state index in [2.05, 4.69) is 73.1 Å². The molecule has 0 unspecified atom stereocenters. The molecule has 3 saturated heterocycles. The molecule has 9 rings (SSSR count). The fourth-order valence-corrected chi connectivity index (χ4v) is 17.1. The standard InChI is InChI=1S/C88H118N22O24S/c1-7-8-18-68-88(133)107(4)66(28-30-134-6)81(126)98-57(25-27-74(118)119)77(122)105-65(76(121)95-40-72(91)116)43-135-44-73(117)97-61(31-47-20-22-51(112)23-21-47)84(129)106(3)46(2)75(120)102-63(36-71(90)115)87(132)109-29-13-19-67(109)82(127)101-60(34-50-39-92-45-96-50)79(124)99-58(24-26-70(89)114)86(131)110-41-52(113)35-69(110)83(128)100-59(32-48-37-93-55-16-11-9-14-53(48)55)78(123)104-64(42-111)80(125)103-62(85(130)108(68)5)33-49-38-94-56-17-12-10-15-54(49)56/h9-12,14-17,20-23,37-39,45-46,52,57-69,93-94,111-113H,7-8,13,18-19,24-36,40-44H2,1-6H3,(H2,89,114)(H2,90,115)(H2,91,116)(H,92,96)(H,95,121)(H,97,117)(H,98,126)(H,99,124)(H,100,128)(H,101,127)(H,102,120)(H,103,125)(H,104,123)(H,105,122)(H,118,119)/t46-,52+,57-,58-,59-,60-,61-,62-,63-,64-,65-,66-,67-,68-,69-/m0/s1. The summed E-state index contributed by atoms with van der Waals surface area (Å²) in [5, 5.41) is 69.3.